The first-order valence-electron chi connectivity index (χ1n) is 9.49. The quantitative estimate of drug-likeness (QED) is 0.856. The minimum Gasteiger partial charge on any atom is -0.497 e. The van der Waals surface area contributed by atoms with Gasteiger partial charge < -0.3 is 14.9 Å². The van der Waals surface area contributed by atoms with Crippen LogP contribution in [0.5, 0.6) is 11.5 Å². The van der Waals surface area contributed by atoms with Gasteiger partial charge in [0.05, 0.1) is 18.8 Å². The van der Waals surface area contributed by atoms with Gasteiger partial charge in [-0.1, -0.05) is 36.8 Å². The second-order valence-corrected chi connectivity index (χ2v) is 7.39. The number of rotatable bonds is 2. The summed E-state index contributed by atoms with van der Waals surface area (Å²) in [5, 5.41) is 2.34. The van der Waals surface area contributed by atoms with Gasteiger partial charge >= 0.3 is 0 Å². The molecule has 1 N–H and O–H groups in total. The summed E-state index contributed by atoms with van der Waals surface area (Å²) in [6.45, 7) is 0. The molecule has 0 saturated heterocycles. The number of hydrazine groups is 1. The van der Waals surface area contributed by atoms with Gasteiger partial charge in [0.15, 0.2) is 5.72 Å². The van der Waals surface area contributed by atoms with E-state index in [0.717, 1.165) is 30.0 Å². The Labute approximate surface area is 154 Å². The molecular weight excluding hydrogens is 324 g/mol. The Bertz CT molecular complexity index is 840. The zero-order chi connectivity index (χ0) is 17.6. The summed E-state index contributed by atoms with van der Waals surface area (Å²) in [4.78, 5) is 0. The number of ether oxygens (including phenoxy) is 2. The van der Waals surface area contributed by atoms with Gasteiger partial charge in [-0.2, -0.15) is 5.01 Å². The first kappa shape index (κ1) is 15.8. The van der Waals surface area contributed by atoms with Crippen LogP contribution in [-0.2, 0) is 0 Å². The lowest BCUT2D eigenvalue weighted by Crippen LogP contribution is -2.60. The number of benzene rings is 2. The molecule has 1 fully saturated rings. The van der Waals surface area contributed by atoms with Gasteiger partial charge in [0.2, 0.25) is 0 Å². The molecule has 26 heavy (non-hydrogen) atoms. The summed E-state index contributed by atoms with van der Waals surface area (Å²) >= 11 is 0. The van der Waals surface area contributed by atoms with Crippen molar-refractivity contribution in [2.45, 2.75) is 43.9 Å². The number of hydrogen-bond donors (Lipinski definition) is 1. The van der Waals surface area contributed by atoms with Gasteiger partial charge in [0, 0.05) is 18.4 Å². The van der Waals surface area contributed by atoms with E-state index in [2.05, 4.69) is 59.0 Å². The predicted molar refractivity (Wildman–Crippen MR) is 102 cm³/mol. The zero-order valence-electron chi connectivity index (χ0n) is 15.1. The lowest BCUT2D eigenvalue weighted by Gasteiger charge is -2.50. The molecule has 0 bridgehead atoms. The highest BCUT2D eigenvalue weighted by Crippen LogP contribution is 2.50. The van der Waals surface area contributed by atoms with Crippen molar-refractivity contribution >= 4 is 5.70 Å². The van der Waals surface area contributed by atoms with E-state index in [1.165, 1.54) is 30.4 Å². The van der Waals surface area contributed by atoms with Crippen molar-refractivity contribution in [3.63, 3.8) is 0 Å². The molecule has 1 spiro atoms. The summed E-state index contributed by atoms with van der Waals surface area (Å²) < 4.78 is 12.1. The van der Waals surface area contributed by atoms with Crippen LogP contribution in [0.3, 0.4) is 0 Å². The average Bonchev–Trinajstić information content (AvgIpc) is 3.16. The highest BCUT2D eigenvalue weighted by Gasteiger charge is 2.50. The molecule has 2 aromatic rings. The van der Waals surface area contributed by atoms with E-state index in [1.807, 2.05) is 6.07 Å². The molecule has 2 aromatic carbocycles. The first-order valence-corrected chi connectivity index (χ1v) is 9.49. The number of methoxy groups -OCH3 is 1. The maximum atomic E-state index is 6.63. The van der Waals surface area contributed by atoms with Crippen LogP contribution in [0, 0.1) is 0 Å². The molecule has 4 nitrogen and oxygen atoms in total. The lowest BCUT2D eigenvalue weighted by atomic mass is 9.87. The fraction of sp³-hybridized carbons (Fsp3) is 0.364. The second-order valence-electron chi connectivity index (χ2n) is 7.39. The van der Waals surface area contributed by atoms with Crippen LogP contribution >= 0.6 is 0 Å². The molecule has 1 atom stereocenters. The third-order valence-corrected chi connectivity index (χ3v) is 5.84. The van der Waals surface area contributed by atoms with E-state index in [0.29, 0.717) is 0 Å². The van der Waals surface area contributed by atoms with Crippen molar-refractivity contribution < 1.29 is 9.47 Å². The number of nitrogens with one attached hydrogen (secondary N) is 1. The average molecular weight is 348 g/mol. The first-order chi connectivity index (χ1) is 12.8. The largest absolute Gasteiger partial charge is 0.497 e. The summed E-state index contributed by atoms with van der Waals surface area (Å²) in [7, 11) is 1.71. The molecule has 4 heteroatoms. The standard InChI is InChI=1S/C22H24N2O2/c1-25-17-10-11-21-18(14-17)20-15-19(16-8-4-2-5-9-16)23-24(20)22(26-21)12-6-3-7-13-22/h2,4-5,8-11,14-15,20,23H,3,6-7,12-13H2,1H3/t20-/m0/s1. The van der Waals surface area contributed by atoms with Gasteiger partial charge in [0.25, 0.3) is 0 Å². The number of fused-ring (bicyclic) bond motifs is 4. The summed E-state index contributed by atoms with van der Waals surface area (Å²) in [5.41, 5.74) is 6.93. The molecule has 1 saturated carbocycles. The van der Waals surface area contributed by atoms with Crippen LogP contribution in [0.1, 0.15) is 49.3 Å². The van der Waals surface area contributed by atoms with Crippen LogP contribution in [0.25, 0.3) is 5.70 Å². The maximum Gasteiger partial charge on any atom is 0.180 e. The van der Waals surface area contributed by atoms with E-state index in [9.17, 15) is 0 Å². The summed E-state index contributed by atoms with van der Waals surface area (Å²) in [6.07, 6.45) is 8.13. The van der Waals surface area contributed by atoms with E-state index in [4.69, 9.17) is 9.47 Å². The topological polar surface area (TPSA) is 33.7 Å². The molecule has 0 unspecified atom stereocenters. The van der Waals surface area contributed by atoms with Gasteiger partial charge in [-0.25, -0.2) is 0 Å². The van der Waals surface area contributed by atoms with Gasteiger partial charge in [-0.3, -0.25) is 0 Å². The van der Waals surface area contributed by atoms with Crippen molar-refractivity contribution in [1.82, 2.24) is 10.4 Å². The van der Waals surface area contributed by atoms with Crippen LogP contribution in [-0.4, -0.2) is 17.8 Å². The molecule has 0 radical (unpaired) electrons. The third-order valence-electron chi connectivity index (χ3n) is 5.84. The Balaban J connectivity index is 1.61. The SMILES string of the molecule is COc1ccc2c(c1)[C@@H]1C=C(c3ccccc3)NN1C1(CCCCC1)O2. The van der Waals surface area contributed by atoms with Crippen molar-refractivity contribution in [2.75, 3.05) is 7.11 Å². The van der Waals surface area contributed by atoms with E-state index in [-0.39, 0.29) is 11.8 Å². The molecule has 0 amide bonds. The van der Waals surface area contributed by atoms with Gasteiger partial charge in [-0.05, 0) is 42.7 Å². The molecule has 0 aromatic heterocycles. The van der Waals surface area contributed by atoms with Crippen LogP contribution in [0.15, 0.2) is 54.6 Å². The molecule has 1 aliphatic carbocycles. The third kappa shape index (κ3) is 2.40. The monoisotopic (exact) mass is 348 g/mol. The smallest absolute Gasteiger partial charge is 0.180 e. The molecule has 134 valence electrons. The minimum atomic E-state index is -0.266. The van der Waals surface area contributed by atoms with Crippen LogP contribution in [0.2, 0.25) is 0 Å². The van der Waals surface area contributed by atoms with Crippen molar-refractivity contribution in [3.05, 3.63) is 65.7 Å². The summed E-state index contributed by atoms with van der Waals surface area (Å²) in [6, 6.07) is 16.8. The molecular formula is C22H24N2O2. The highest BCUT2D eigenvalue weighted by atomic mass is 16.5. The zero-order valence-corrected chi connectivity index (χ0v) is 15.1. The van der Waals surface area contributed by atoms with Crippen molar-refractivity contribution in [1.29, 1.82) is 0 Å². The van der Waals surface area contributed by atoms with Crippen LogP contribution in [0.4, 0.5) is 0 Å². The van der Waals surface area contributed by atoms with Gasteiger partial charge in [-0.15, -0.1) is 0 Å². The number of nitrogens with zero attached hydrogens (tertiary/aromatic N) is 1. The molecule has 2 heterocycles. The number of hydrogen-bond acceptors (Lipinski definition) is 4. The Morgan fingerprint density at radius 3 is 2.65 bits per heavy atom. The van der Waals surface area contributed by atoms with Crippen LogP contribution < -0.4 is 14.9 Å². The molecule has 3 aliphatic rings. The Morgan fingerprint density at radius 1 is 1.08 bits per heavy atom. The molecule has 2 aliphatic heterocycles. The highest BCUT2D eigenvalue weighted by molar-refractivity contribution is 5.67. The normalized spacial score (nSPS) is 23.4. The minimum absolute atomic E-state index is 0.155. The maximum absolute atomic E-state index is 6.63. The molecule has 5 rings (SSSR count). The van der Waals surface area contributed by atoms with Crippen molar-refractivity contribution in [2.24, 2.45) is 0 Å². The van der Waals surface area contributed by atoms with Gasteiger partial charge in [0.1, 0.15) is 11.5 Å². The van der Waals surface area contributed by atoms with E-state index >= 15 is 0 Å². The van der Waals surface area contributed by atoms with E-state index in [1.54, 1.807) is 7.11 Å². The predicted octanol–water partition coefficient (Wildman–Crippen LogP) is 4.65. The summed E-state index contributed by atoms with van der Waals surface area (Å²) in [5.74, 6) is 1.86. The fourth-order valence-corrected chi connectivity index (χ4v) is 4.51. The fourth-order valence-electron chi connectivity index (χ4n) is 4.51. The Kier molecular flexibility index (Phi) is 3.68. The second kappa shape index (κ2) is 6.06. The lowest BCUT2D eigenvalue weighted by molar-refractivity contribution is -0.150. The van der Waals surface area contributed by atoms with E-state index < -0.39 is 0 Å². The van der Waals surface area contributed by atoms with Crippen molar-refractivity contribution in [3.8, 4) is 11.5 Å². The Hall–Kier alpha value is -2.46. The Morgan fingerprint density at radius 2 is 1.88 bits per heavy atom.